The molecule has 0 aromatic heterocycles. The van der Waals surface area contributed by atoms with Gasteiger partial charge >= 0.3 is 5.97 Å². The predicted octanol–water partition coefficient (Wildman–Crippen LogP) is 1.48. The van der Waals surface area contributed by atoms with E-state index >= 15 is 0 Å². The van der Waals surface area contributed by atoms with Gasteiger partial charge in [0.2, 0.25) is 5.91 Å². The van der Waals surface area contributed by atoms with Crippen LogP contribution in [0.2, 0.25) is 0 Å². The molecule has 18 heavy (non-hydrogen) atoms. The van der Waals surface area contributed by atoms with Crippen LogP contribution >= 0.6 is 0 Å². The maximum atomic E-state index is 13.4. The van der Waals surface area contributed by atoms with Gasteiger partial charge in [-0.15, -0.1) is 0 Å². The van der Waals surface area contributed by atoms with E-state index in [0.29, 0.717) is 0 Å². The van der Waals surface area contributed by atoms with Gasteiger partial charge in [-0.3, -0.25) is 9.59 Å². The Balaban J connectivity index is 2.82. The van der Waals surface area contributed by atoms with Gasteiger partial charge in [-0.1, -0.05) is 0 Å². The van der Waals surface area contributed by atoms with Crippen molar-refractivity contribution in [2.45, 2.75) is 6.42 Å². The van der Waals surface area contributed by atoms with Gasteiger partial charge in [-0.2, -0.15) is 0 Å². The molecule has 0 fully saturated rings. The molecule has 0 spiro atoms. The summed E-state index contributed by atoms with van der Waals surface area (Å²) in [7, 11) is 2.30. The highest BCUT2D eigenvalue weighted by Crippen LogP contribution is 2.24. The van der Waals surface area contributed by atoms with E-state index in [2.05, 4.69) is 14.8 Å². The molecule has 98 valence electrons. The minimum Gasteiger partial charge on any atom is -0.494 e. The van der Waals surface area contributed by atoms with Crippen molar-refractivity contribution in [1.82, 2.24) is 0 Å². The first kappa shape index (κ1) is 13.9. The van der Waals surface area contributed by atoms with Gasteiger partial charge in [0, 0.05) is 12.1 Å². The Morgan fingerprint density at radius 1 is 1.22 bits per heavy atom. The lowest BCUT2D eigenvalue weighted by Gasteiger charge is -2.08. The van der Waals surface area contributed by atoms with Crippen LogP contribution in [0.1, 0.15) is 6.42 Å². The summed E-state index contributed by atoms with van der Waals surface area (Å²) >= 11 is 0. The number of nitrogens with one attached hydrogen (secondary N) is 1. The number of carbonyl (C=O) groups excluding carboxylic acids is 2. The fourth-order valence-electron chi connectivity index (χ4n) is 1.18. The van der Waals surface area contributed by atoms with E-state index in [-0.39, 0.29) is 11.4 Å². The largest absolute Gasteiger partial charge is 0.494 e. The Labute approximate surface area is 102 Å². The van der Waals surface area contributed by atoms with Gasteiger partial charge in [-0.25, -0.2) is 8.78 Å². The molecule has 1 amide bonds. The van der Waals surface area contributed by atoms with E-state index in [0.717, 1.165) is 19.2 Å². The number of hydrogen-bond acceptors (Lipinski definition) is 4. The zero-order valence-corrected chi connectivity index (χ0v) is 9.75. The van der Waals surface area contributed by atoms with Crippen molar-refractivity contribution in [2.75, 3.05) is 19.5 Å². The molecular weight excluding hydrogens is 248 g/mol. The van der Waals surface area contributed by atoms with Crippen LogP contribution in [0.25, 0.3) is 0 Å². The summed E-state index contributed by atoms with van der Waals surface area (Å²) in [4.78, 5) is 22.1. The van der Waals surface area contributed by atoms with Crippen LogP contribution < -0.4 is 10.1 Å². The van der Waals surface area contributed by atoms with Crippen molar-refractivity contribution < 1.29 is 27.8 Å². The molecule has 1 rings (SSSR count). The summed E-state index contributed by atoms with van der Waals surface area (Å²) < 4.78 is 35.5. The summed E-state index contributed by atoms with van der Waals surface area (Å²) in [6, 6.07) is 1.56. The van der Waals surface area contributed by atoms with Crippen molar-refractivity contribution in [3.63, 3.8) is 0 Å². The van der Waals surface area contributed by atoms with E-state index in [4.69, 9.17) is 0 Å². The lowest BCUT2D eigenvalue weighted by molar-refractivity contribution is -0.142. The zero-order chi connectivity index (χ0) is 13.7. The van der Waals surface area contributed by atoms with Gasteiger partial charge in [-0.05, 0) is 0 Å². The van der Waals surface area contributed by atoms with E-state index in [1.807, 2.05) is 0 Å². The number of methoxy groups -OCH3 is 2. The number of hydrogen-bond donors (Lipinski definition) is 1. The molecule has 0 saturated carbocycles. The molecule has 0 atom stereocenters. The first-order chi connectivity index (χ1) is 8.47. The van der Waals surface area contributed by atoms with Crippen LogP contribution in [0, 0.1) is 11.6 Å². The van der Waals surface area contributed by atoms with E-state index in [1.54, 1.807) is 0 Å². The molecule has 1 aromatic carbocycles. The summed E-state index contributed by atoms with van der Waals surface area (Å²) in [5.41, 5.74) is -0.373. The van der Waals surface area contributed by atoms with Gasteiger partial charge in [0.05, 0.1) is 19.9 Å². The average Bonchev–Trinajstić information content (AvgIpc) is 2.33. The van der Waals surface area contributed by atoms with Gasteiger partial charge < -0.3 is 14.8 Å². The standard InChI is InChI=1S/C11H11F2NO4/c1-17-9-4-6(12)8(3-7(9)13)14-10(15)5-11(16)18-2/h3-4H,5H2,1-2H3,(H,14,15). The lowest BCUT2D eigenvalue weighted by atomic mass is 10.2. The summed E-state index contributed by atoms with van der Waals surface area (Å²) in [6.45, 7) is 0. The van der Waals surface area contributed by atoms with Crippen LogP contribution in [-0.4, -0.2) is 26.1 Å². The van der Waals surface area contributed by atoms with Crippen LogP contribution in [0.3, 0.4) is 0 Å². The number of esters is 1. The van der Waals surface area contributed by atoms with Crippen LogP contribution in [0.4, 0.5) is 14.5 Å². The first-order valence-electron chi connectivity index (χ1n) is 4.87. The van der Waals surface area contributed by atoms with Crippen molar-refractivity contribution in [3.8, 4) is 5.75 Å². The molecule has 0 aliphatic carbocycles. The first-order valence-corrected chi connectivity index (χ1v) is 4.87. The Kier molecular flexibility index (Phi) is 4.59. The number of anilines is 1. The third-order valence-corrected chi connectivity index (χ3v) is 2.05. The van der Waals surface area contributed by atoms with Crippen LogP contribution in [0.5, 0.6) is 5.75 Å². The van der Waals surface area contributed by atoms with Crippen molar-refractivity contribution in [3.05, 3.63) is 23.8 Å². The highest BCUT2D eigenvalue weighted by Gasteiger charge is 2.15. The molecule has 5 nitrogen and oxygen atoms in total. The van der Waals surface area contributed by atoms with Gasteiger partial charge in [0.25, 0.3) is 0 Å². The van der Waals surface area contributed by atoms with Crippen LogP contribution in [0.15, 0.2) is 12.1 Å². The molecule has 0 aliphatic heterocycles. The second-order valence-corrected chi connectivity index (χ2v) is 3.27. The summed E-state index contributed by atoms with van der Waals surface area (Å²) in [6.07, 6.45) is -0.580. The smallest absolute Gasteiger partial charge is 0.315 e. The van der Waals surface area contributed by atoms with Crippen molar-refractivity contribution in [1.29, 1.82) is 0 Å². The second kappa shape index (κ2) is 5.95. The number of carbonyl (C=O) groups is 2. The Bertz CT molecular complexity index is 476. The zero-order valence-electron chi connectivity index (χ0n) is 9.75. The minimum absolute atomic E-state index is 0.279. The molecule has 1 N–H and O–H groups in total. The van der Waals surface area contributed by atoms with E-state index in [9.17, 15) is 18.4 Å². The van der Waals surface area contributed by atoms with E-state index < -0.39 is 29.9 Å². The van der Waals surface area contributed by atoms with E-state index in [1.165, 1.54) is 7.11 Å². The number of ether oxygens (including phenoxy) is 2. The molecule has 0 heterocycles. The molecule has 7 heteroatoms. The average molecular weight is 259 g/mol. The fraction of sp³-hybridized carbons (Fsp3) is 0.273. The van der Waals surface area contributed by atoms with Crippen molar-refractivity contribution >= 4 is 17.6 Å². The summed E-state index contributed by atoms with van der Waals surface area (Å²) in [5, 5.41) is 2.06. The molecule has 0 radical (unpaired) electrons. The SMILES string of the molecule is COC(=O)CC(=O)Nc1cc(F)c(OC)cc1F. The third kappa shape index (κ3) is 3.41. The highest BCUT2D eigenvalue weighted by atomic mass is 19.1. The number of benzene rings is 1. The Morgan fingerprint density at radius 3 is 2.44 bits per heavy atom. The lowest BCUT2D eigenvalue weighted by Crippen LogP contribution is -2.18. The van der Waals surface area contributed by atoms with Crippen molar-refractivity contribution in [2.24, 2.45) is 0 Å². The monoisotopic (exact) mass is 259 g/mol. The Hall–Kier alpha value is -2.18. The number of rotatable bonds is 4. The number of amides is 1. The Morgan fingerprint density at radius 2 is 1.89 bits per heavy atom. The predicted molar refractivity (Wildman–Crippen MR) is 58.2 cm³/mol. The molecule has 0 aliphatic rings. The quantitative estimate of drug-likeness (QED) is 0.657. The molecular formula is C11H11F2NO4. The highest BCUT2D eigenvalue weighted by molar-refractivity contribution is 6.01. The van der Waals surface area contributed by atoms with Gasteiger partial charge in [0.15, 0.2) is 17.4 Å². The van der Waals surface area contributed by atoms with Gasteiger partial charge in [0.1, 0.15) is 6.42 Å². The summed E-state index contributed by atoms with van der Waals surface area (Å²) in [5.74, 6) is -3.55. The maximum absolute atomic E-state index is 13.4. The number of halogens is 2. The maximum Gasteiger partial charge on any atom is 0.315 e. The van der Waals surface area contributed by atoms with Crippen LogP contribution in [-0.2, 0) is 14.3 Å². The third-order valence-electron chi connectivity index (χ3n) is 2.05. The molecule has 0 bridgehead atoms. The minimum atomic E-state index is -0.869. The normalized spacial score (nSPS) is 9.78. The molecule has 1 aromatic rings. The fourth-order valence-corrected chi connectivity index (χ4v) is 1.18. The molecule has 0 saturated heterocycles. The topological polar surface area (TPSA) is 64.6 Å². The second-order valence-electron chi connectivity index (χ2n) is 3.27. The molecule has 0 unspecified atom stereocenters.